The smallest absolute Gasteiger partial charge is 0.286 e. The summed E-state index contributed by atoms with van der Waals surface area (Å²) in [6.45, 7) is 1.75. The Morgan fingerprint density at radius 1 is 1.20 bits per heavy atom. The van der Waals surface area contributed by atoms with E-state index in [4.69, 9.17) is 25.8 Å². The lowest BCUT2D eigenvalue weighted by molar-refractivity contribution is -0.122. The first-order valence-corrected chi connectivity index (χ1v) is 17.9. The van der Waals surface area contributed by atoms with Gasteiger partial charge in [0.25, 0.3) is 11.8 Å². The molecule has 2 bridgehead atoms. The summed E-state index contributed by atoms with van der Waals surface area (Å²) >= 11 is 6.42. The number of fused-ring (bicyclic) bond motifs is 4. The first kappa shape index (κ1) is 32.0. The van der Waals surface area contributed by atoms with Crippen LogP contribution in [0.4, 0.5) is 5.69 Å². The van der Waals surface area contributed by atoms with E-state index in [0.717, 1.165) is 55.9 Å². The Morgan fingerprint density at radius 3 is 2.84 bits per heavy atom. The van der Waals surface area contributed by atoms with Crippen molar-refractivity contribution < 1.29 is 28.0 Å². The van der Waals surface area contributed by atoms with E-state index in [9.17, 15) is 13.8 Å². The number of carbonyl (C=O) groups is 2. The van der Waals surface area contributed by atoms with Gasteiger partial charge < -0.3 is 19.1 Å². The quantitative estimate of drug-likeness (QED) is 0.434. The number of rotatable bonds is 4. The highest BCUT2D eigenvalue weighted by atomic mass is 35.5. The molecule has 242 valence electrons. The number of ether oxygens (including phenoxy) is 3. The Labute approximate surface area is 270 Å². The summed E-state index contributed by atoms with van der Waals surface area (Å²) in [7, 11) is -0.253. The zero-order chi connectivity index (χ0) is 31.6. The number of methoxy groups -OCH3 is 2. The molecule has 2 aromatic carbocycles. The molecule has 0 aromatic heterocycles. The molecule has 1 unspecified atom stereocenters. The number of anilines is 1. The maximum absolute atomic E-state index is 13.9. The summed E-state index contributed by atoms with van der Waals surface area (Å²) in [6, 6.07) is 11.5. The van der Waals surface area contributed by atoms with Gasteiger partial charge >= 0.3 is 0 Å². The van der Waals surface area contributed by atoms with Crippen LogP contribution < -0.4 is 14.4 Å². The summed E-state index contributed by atoms with van der Waals surface area (Å²) in [6.07, 6.45) is 10.4. The van der Waals surface area contributed by atoms with E-state index in [1.807, 2.05) is 24.3 Å². The van der Waals surface area contributed by atoms with Crippen molar-refractivity contribution in [1.82, 2.24) is 4.72 Å². The Bertz CT molecular complexity index is 1600. The second kappa shape index (κ2) is 13.4. The maximum atomic E-state index is 13.9. The SMILES string of the molecule is COCC(=O)NS1(=O)=NC(=O)c2ccc3c(c2)N(C[C@@H]2CC[C@H]2[C@@H](OC)/C=C/CCC1)C[C@@]1(CCCc2cc(Cl)ccc21)CO3. The van der Waals surface area contributed by atoms with Crippen molar-refractivity contribution in [3.63, 3.8) is 0 Å². The molecular weight excluding hydrogens is 614 g/mol. The van der Waals surface area contributed by atoms with Crippen LogP contribution in [0, 0.1) is 11.8 Å². The van der Waals surface area contributed by atoms with E-state index in [0.29, 0.717) is 42.6 Å². The zero-order valence-corrected chi connectivity index (χ0v) is 27.5. The van der Waals surface area contributed by atoms with Crippen molar-refractivity contribution in [3.8, 4) is 5.75 Å². The Kier molecular flexibility index (Phi) is 9.57. The topological polar surface area (TPSA) is 107 Å². The van der Waals surface area contributed by atoms with Crippen LogP contribution in [0.3, 0.4) is 0 Å². The van der Waals surface area contributed by atoms with Gasteiger partial charge in [0.1, 0.15) is 22.3 Å². The van der Waals surface area contributed by atoms with Crippen LogP contribution in [-0.4, -0.2) is 68.4 Å². The van der Waals surface area contributed by atoms with Crippen molar-refractivity contribution in [2.24, 2.45) is 16.2 Å². The summed E-state index contributed by atoms with van der Waals surface area (Å²) < 4.78 is 37.9. The van der Waals surface area contributed by atoms with Crippen molar-refractivity contribution in [1.29, 1.82) is 0 Å². The minimum absolute atomic E-state index is 0.0331. The summed E-state index contributed by atoms with van der Waals surface area (Å²) in [5.74, 6) is 0.286. The average molecular weight is 656 g/mol. The molecule has 5 atom stereocenters. The molecule has 2 aliphatic heterocycles. The normalized spacial score (nSPS) is 30.5. The third kappa shape index (κ3) is 6.80. The zero-order valence-electron chi connectivity index (χ0n) is 26.0. The first-order valence-electron chi connectivity index (χ1n) is 15.8. The second-order valence-corrected chi connectivity index (χ2v) is 15.3. The fourth-order valence-corrected chi connectivity index (χ4v) is 9.23. The molecule has 1 fully saturated rings. The number of nitrogens with zero attached hydrogens (tertiary/aromatic N) is 2. The standard InChI is InChI=1S/C34H42ClN3O6S/c1-42-20-32(39)36-45(41)16-5-3-4-8-30(43-2)27-12-9-25(27)19-38-21-34(15-6-7-23-17-26(35)11-13-28(23)34)22-44-31-14-10-24(18-29(31)38)33(40)37-45/h4,8,10-11,13-14,17-18,25,27,30H,3,5-7,9,12,15-16,19-22H2,1-2H3,(H,36,37,39,40,41)/b8-4+/t25-,27+,30-,34-,45?/m0/s1. The highest BCUT2D eigenvalue weighted by Gasteiger charge is 2.44. The molecule has 0 radical (unpaired) electrons. The number of aryl methyl sites for hydroxylation is 1. The van der Waals surface area contributed by atoms with E-state index in [-0.39, 0.29) is 23.9 Å². The molecule has 6 rings (SSSR count). The van der Waals surface area contributed by atoms with E-state index in [1.165, 1.54) is 18.2 Å². The third-order valence-corrected chi connectivity index (χ3v) is 11.9. The van der Waals surface area contributed by atoms with Gasteiger partial charge in [0.05, 0.1) is 24.2 Å². The average Bonchev–Trinajstić information content (AvgIpc) is 3.14. The molecule has 9 nitrogen and oxygen atoms in total. The van der Waals surface area contributed by atoms with Crippen LogP contribution in [-0.2, 0) is 36.0 Å². The molecule has 4 aliphatic rings. The predicted molar refractivity (Wildman–Crippen MR) is 175 cm³/mol. The fraction of sp³-hybridized carbons (Fsp3) is 0.529. The maximum Gasteiger partial charge on any atom is 0.286 e. The predicted octanol–water partition coefficient (Wildman–Crippen LogP) is 5.49. The molecule has 11 heteroatoms. The number of halogens is 1. The van der Waals surface area contributed by atoms with Gasteiger partial charge in [-0.15, -0.1) is 4.36 Å². The van der Waals surface area contributed by atoms with Crippen LogP contribution in [0.5, 0.6) is 5.75 Å². The number of carbonyl (C=O) groups excluding carboxylic acids is 2. The minimum atomic E-state index is -3.39. The van der Waals surface area contributed by atoms with Crippen LogP contribution in [0.25, 0.3) is 0 Å². The van der Waals surface area contributed by atoms with Crippen LogP contribution in [0.15, 0.2) is 52.9 Å². The van der Waals surface area contributed by atoms with Gasteiger partial charge in [-0.05, 0) is 98.2 Å². The molecule has 2 aliphatic carbocycles. The lowest BCUT2D eigenvalue weighted by Crippen LogP contribution is -2.49. The Hall–Kier alpha value is -2.92. The van der Waals surface area contributed by atoms with E-state index in [1.54, 1.807) is 13.2 Å². The van der Waals surface area contributed by atoms with E-state index < -0.39 is 21.7 Å². The Morgan fingerprint density at radius 2 is 2.07 bits per heavy atom. The van der Waals surface area contributed by atoms with Crippen molar-refractivity contribution in [2.45, 2.75) is 56.5 Å². The number of amides is 2. The number of hydrogen-bond donors (Lipinski definition) is 1. The number of allylic oxidation sites excluding steroid dienone is 1. The Balaban J connectivity index is 1.43. The highest BCUT2D eigenvalue weighted by Crippen LogP contribution is 2.47. The third-order valence-electron chi connectivity index (χ3n) is 9.81. The number of benzene rings is 2. The second-order valence-electron chi connectivity index (χ2n) is 12.8. The molecule has 2 aromatic rings. The molecule has 45 heavy (non-hydrogen) atoms. The fourth-order valence-electron chi connectivity index (χ4n) is 7.45. The van der Waals surface area contributed by atoms with E-state index in [2.05, 4.69) is 32.2 Å². The van der Waals surface area contributed by atoms with Crippen molar-refractivity contribution in [3.05, 3.63) is 70.3 Å². The van der Waals surface area contributed by atoms with Crippen LogP contribution in [0.2, 0.25) is 5.02 Å². The van der Waals surface area contributed by atoms with Gasteiger partial charge in [-0.25, -0.2) is 4.21 Å². The van der Waals surface area contributed by atoms with Gasteiger partial charge in [0.15, 0.2) is 0 Å². The van der Waals surface area contributed by atoms with Crippen LogP contribution >= 0.6 is 11.6 Å². The van der Waals surface area contributed by atoms with Gasteiger partial charge in [-0.3, -0.25) is 14.3 Å². The van der Waals surface area contributed by atoms with Gasteiger partial charge in [-0.2, -0.15) is 0 Å². The van der Waals surface area contributed by atoms with Gasteiger partial charge in [-0.1, -0.05) is 29.8 Å². The summed E-state index contributed by atoms with van der Waals surface area (Å²) in [5.41, 5.74) is 3.43. The molecule has 1 N–H and O–H groups in total. The summed E-state index contributed by atoms with van der Waals surface area (Å²) in [5, 5.41) is 0.742. The van der Waals surface area contributed by atoms with Crippen molar-refractivity contribution >= 4 is 39.0 Å². The largest absolute Gasteiger partial charge is 0.490 e. The number of nitrogens with one attached hydrogen (secondary N) is 1. The molecule has 2 heterocycles. The molecule has 2 amide bonds. The molecular formula is C34H42ClN3O6S. The number of hydrogen-bond acceptors (Lipinski definition) is 7. The van der Waals surface area contributed by atoms with Crippen LogP contribution in [0.1, 0.15) is 60.0 Å². The minimum Gasteiger partial charge on any atom is -0.490 e. The monoisotopic (exact) mass is 655 g/mol. The lowest BCUT2D eigenvalue weighted by atomic mass is 9.68. The molecule has 0 saturated heterocycles. The first-order chi connectivity index (χ1) is 21.7. The van der Waals surface area contributed by atoms with Gasteiger partial charge in [0, 0.05) is 43.3 Å². The van der Waals surface area contributed by atoms with Crippen molar-refractivity contribution in [2.75, 3.05) is 51.2 Å². The molecule has 1 spiro atoms. The van der Waals surface area contributed by atoms with Gasteiger partial charge in [0.2, 0.25) is 0 Å². The summed E-state index contributed by atoms with van der Waals surface area (Å²) in [4.78, 5) is 28.4. The molecule has 1 saturated carbocycles. The lowest BCUT2D eigenvalue weighted by Gasteiger charge is -2.46. The highest BCUT2D eigenvalue weighted by molar-refractivity contribution is 7.92. The van der Waals surface area contributed by atoms with E-state index >= 15 is 0 Å².